The lowest BCUT2D eigenvalue weighted by Crippen LogP contribution is -2.22. The second-order valence-corrected chi connectivity index (χ2v) is 6.78. The maximum absolute atomic E-state index is 12.6. The topological polar surface area (TPSA) is 46.4 Å². The van der Waals surface area contributed by atoms with Crippen molar-refractivity contribution >= 4 is 11.6 Å². The minimum absolute atomic E-state index is 0.129. The lowest BCUT2D eigenvalue weighted by atomic mass is 9.89. The molecule has 126 valence electrons. The van der Waals surface area contributed by atoms with Gasteiger partial charge in [0.25, 0.3) is 5.91 Å². The fourth-order valence-corrected chi connectivity index (χ4v) is 3.52. The van der Waals surface area contributed by atoms with E-state index in [4.69, 9.17) is 0 Å². The molecule has 1 aromatic heterocycles. The number of nitrogens with one attached hydrogen (secondary N) is 1. The van der Waals surface area contributed by atoms with Gasteiger partial charge in [-0.1, -0.05) is 25.1 Å². The van der Waals surface area contributed by atoms with Crippen molar-refractivity contribution in [2.45, 2.75) is 46.5 Å². The normalized spacial score (nSPS) is 19.5. The first-order valence-corrected chi connectivity index (χ1v) is 8.66. The van der Waals surface area contributed by atoms with Crippen LogP contribution in [-0.4, -0.2) is 16.2 Å². The van der Waals surface area contributed by atoms with E-state index in [9.17, 15) is 4.79 Å². The van der Waals surface area contributed by atoms with Crippen LogP contribution >= 0.6 is 0 Å². The monoisotopic (exact) mass is 323 g/mol. The fourth-order valence-electron chi connectivity index (χ4n) is 3.52. The van der Waals surface area contributed by atoms with Crippen LogP contribution in [0.4, 0.5) is 0 Å². The summed E-state index contributed by atoms with van der Waals surface area (Å²) in [6.07, 6.45) is 4.40. The molecule has 1 N–H and O–H groups in total. The maximum atomic E-state index is 12.6. The van der Waals surface area contributed by atoms with Crippen LogP contribution in [0.5, 0.6) is 0 Å². The zero-order chi connectivity index (χ0) is 17.1. The highest BCUT2D eigenvalue weighted by molar-refractivity contribution is 5.97. The summed E-state index contributed by atoms with van der Waals surface area (Å²) in [5.74, 6) is 0.536. The number of carbonyl (C=O) groups is 1. The number of amides is 1. The predicted molar refractivity (Wildman–Crippen MR) is 97.8 cm³/mol. The summed E-state index contributed by atoms with van der Waals surface area (Å²) >= 11 is 0. The molecule has 24 heavy (non-hydrogen) atoms. The number of benzene rings is 1. The molecule has 3 rings (SSSR count). The van der Waals surface area contributed by atoms with Crippen LogP contribution in [0.25, 0.3) is 5.69 Å². The molecule has 1 aromatic carbocycles. The first-order valence-electron chi connectivity index (χ1n) is 8.66. The van der Waals surface area contributed by atoms with Crippen molar-refractivity contribution in [2.24, 2.45) is 11.0 Å². The standard InChI is InChI=1S/C20H25N3O/c1-14-8-7-9-17(12-14)21-22-20(24)19-13-15(2)23(16(19)3)18-10-5-4-6-11-18/h4-6,10-11,13-14H,7-9,12H2,1-3H3,(H,22,24)/b21-17+/t14-/m1/s1. The van der Waals surface area contributed by atoms with E-state index in [1.54, 1.807) is 0 Å². The molecule has 4 nitrogen and oxygen atoms in total. The first-order chi connectivity index (χ1) is 11.6. The average Bonchev–Trinajstić information content (AvgIpc) is 2.88. The maximum Gasteiger partial charge on any atom is 0.273 e. The summed E-state index contributed by atoms with van der Waals surface area (Å²) in [6, 6.07) is 12.0. The van der Waals surface area contributed by atoms with Crippen LogP contribution in [0.1, 0.15) is 54.4 Å². The molecule has 1 aliphatic carbocycles. The molecule has 1 aliphatic rings. The van der Waals surface area contributed by atoms with Gasteiger partial charge in [-0.05, 0) is 63.6 Å². The Hall–Kier alpha value is -2.36. The Morgan fingerprint density at radius 3 is 2.71 bits per heavy atom. The number of rotatable bonds is 3. The summed E-state index contributed by atoms with van der Waals surface area (Å²) in [4.78, 5) is 12.6. The van der Waals surface area contributed by atoms with E-state index >= 15 is 0 Å². The van der Waals surface area contributed by atoms with Crippen LogP contribution in [0.3, 0.4) is 0 Å². The van der Waals surface area contributed by atoms with Gasteiger partial charge in [-0.2, -0.15) is 5.10 Å². The van der Waals surface area contributed by atoms with E-state index in [0.29, 0.717) is 11.5 Å². The molecule has 1 heterocycles. The van der Waals surface area contributed by atoms with Crippen LogP contribution < -0.4 is 5.43 Å². The van der Waals surface area contributed by atoms with Gasteiger partial charge in [-0.15, -0.1) is 0 Å². The largest absolute Gasteiger partial charge is 0.318 e. The molecule has 0 spiro atoms. The Morgan fingerprint density at radius 1 is 1.25 bits per heavy atom. The number of carbonyl (C=O) groups excluding carboxylic acids is 1. The Balaban J connectivity index is 1.80. The van der Waals surface area contributed by atoms with Crippen molar-refractivity contribution < 1.29 is 4.79 Å². The number of aromatic nitrogens is 1. The van der Waals surface area contributed by atoms with Crippen molar-refractivity contribution in [3.8, 4) is 5.69 Å². The molecule has 0 radical (unpaired) electrons. The number of nitrogens with zero attached hydrogens (tertiary/aromatic N) is 2. The van der Waals surface area contributed by atoms with Gasteiger partial charge < -0.3 is 4.57 Å². The third kappa shape index (κ3) is 3.42. The molecule has 1 saturated carbocycles. The van der Waals surface area contributed by atoms with E-state index in [1.165, 1.54) is 12.8 Å². The minimum atomic E-state index is -0.129. The third-order valence-corrected chi connectivity index (χ3v) is 4.75. The van der Waals surface area contributed by atoms with Crippen LogP contribution in [0.2, 0.25) is 0 Å². The predicted octanol–water partition coefficient (Wildman–Crippen LogP) is 4.39. The Morgan fingerprint density at radius 2 is 2.00 bits per heavy atom. The lowest BCUT2D eigenvalue weighted by Gasteiger charge is -2.18. The summed E-state index contributed by atoms with van der Waals surface area (Å²) in [5.41, 5.74) is 7.60. The number of aryl methyl sites for hydroxylation is 1. The third-order valence-electron chi connectivity index (χ3n) is 4.75. The zero-order valence-corrected chi connectivity index (χ0v) is 14.7. The van der Waals surface area contributed by atoms with Gasteiger partial charge in [0.15, 0.2) is 0 Å². The molecule has 1 amide bonds. The number of para-hydroxylation sites is 1. The highest BCUT2D eigenvalue weighted by atomic mass is 16.2. The van der Waals surface area contributed by atoms with Crippen molar-refractivity contribution in [2.75, 3.05) is 0 Å². The van der Waals surface area contributed by atoms with Crippen LogP contribution in [-0.2, 0) is 0 Å². The van der Waals surface area contributed by atoms with Gasteiger partial charge in [0.1, 0.15) is 0 Å². The number of hydrazone groups is 1. The zero-order valence-electron chi connectivity index (χ0n) is 14.7. The number of hydrogen-bond donors (Lipinski definition) is 1. The molecule has 2 aromatic rings. The summed E-state index contributed by atoms with van der Waals surface area (Å²) in [7, 11) is 0. The second kappa shape index (κ2) is 7.04. The average molecular weight is 323 g/mol. The van der Waals surface area contributed by atoms with Gasteiger partial charge in [0.2, 0.25) is 0 Å². The summed E-state index contributed by atoms with van der Waals surface area (Å²) in [6.45, 7) is 6.24. The quantitative estimate of drug-likeness (QED) is 0.837. The van der Waals surface area contributed by atoms with Gasteiger partial charge in [0.05, 0.1) is 5.56 Å². The van der Waals surface area contributed by atoms with Gasteiger partial charge in [-0.25, -0.2) is 5.43 Å². The van der Waals surface area contributed by atoms with E-state index in [0.717, 1.165) is 35.6 Å². The van der Waals surface area contributed by atoms with E-state index in [2.05, 4.69) is 22.0 Å². The smallest absolute Gasteiger partial charge is 0.273 e. The molecular weight excluding hydrogens is 298 g/mol. The van der Waals surface area contributed by atoms with Gasteiger partial charge >= 0.3 is 0 Å². The number of hydrogen-bond acceptors (Lipinski definition) is 2. The van der Waals surface area contributed by atoms with Crippen LogP contribution in [0.15, 0.2) is 41.5 Å². The van der Waals surface area contributed by atoms with Gasteiger partial charge in [0, 0.05) is 22.8 Å². The SMILES string of the molecule is Cc1cc(C(=O)N/N=C2\CCC[C@@H](C)C2)c(C)n1-c1ccccc1. The minimum Gasteiger partial charge on any atom is -0.318 e. The van der Waals surface area contributed by atoms with E-state index in [1.807, 2.05) is 50.2 Å². The second-order valence-electron chi connectivity index (χ2n) is 6.78. The summed E-state index contributed by atoms with van der Waals surface area (Å²) in [5, 5.41) is 4.37. The molecule has 0 aliphatic heterocycles. The van der Waals surface area contributed by atoms with E-state index < -0.39 is 0 Å². The summed E-state index contributed by atoms with van der Waals surface area (Å²) < 4.78 is 2.10. The van der Waals surface area contributed by atoms with Crippen molar-refractivity contribution in [3.05, 3.63) is 53.3 Å². The van der Waals surface area contributed by atoms with Crippen molar-refractivity contribution in [1.82, 2.24) is 9.99 Å². The van der Waals surface area contributed by atoms with Crippen LogP contribution in [0, 0.1) is 19.8 Å². The molecular formula is C20H25N3O. The molecule has 4 heteroatoms. The fraction of sp³-hybridized carbons (Fsp3) is 0.400. The molecule has 0 unspecified atom stereocenters. The highest BCUT2D eigenvalue weighted by Gasteiger charge is 2.18. The molecule has 1 fully saturated rings. The van der Waals surface area contributed by atoms with Crippen molar-refractivity contribution in [1.29, 1.82) is 0 Å². The van der Waals surface area contributed by atoms with Crippen molar-refractivity contribution in [3.63, 3.8) is 0 Å². The van der Waals surface area contributed by atoms with Gasteiger partial charge in [-0.3, -0.25) is 4.79 Å². The Bertz CT molecular complexity index is 759. The molecule has 0 bridgehead atoms. The molecule has 1 atom stereocenters. The first kappa shape index (κ1) is 16.5. The Labute approximate surface area is 143 Å². The van der Waals surface area contributed by atoms with E-state index in [-0.39, 0.29) is 5.91 Å². The Kier molecular flexibility index (Phi) is 4.84. The lowest BCUT2D eigenvalue weighted by molar-refractivity contribution is 0.0954. The molecule has 0 saturated heterocycles. The highest BCUT2D eigenvalue weighted by Crippen LogP contribution is 2.22.